The molecule has 0 aromatic carbocycles. The SMILES string of the molecule is Cc1cn(C2CC(O)C(CO)O2)c(=O)n(Cc2cn(C3OC(CO)C(O)C(O)C3O)nn2)c1=O. The van der Waals surface area contributed by atoms with Gasteiger partial charge in [-0.1, -0.05) is 5.21 Å². The van der Waals surface area contributed by atoms with Gasteiger partial charge in [0.1, 0.15) is 42.4 Å². The van der Waals surface area contributed by atoms with Crippen LogP contribution in [0.4, 0.5) is 0 Å². The topological polar surface area (TPSA) is 215 Å². The average Bonchev–Trinajstić information content (AvgIpc) is 3.44. The van der Waals surface area contributed by atoms with Crippen LogP contribution in [0.3, 0.4) is 0 Å². The molecule has 0 bridgehead atoms. The first kappa shape index (κ1) is 24.6. The van der Waals surface area contributed by atoms with Crippen molar-refractivity contribution in [3.05, 3.63) is 44.5 Å². The van der Waals surface area contributed by atoms with Crippen molar-refractivity contribution in [2.75, 3.05) is 13.2 Å². The molecule has 4 heterocycles. The van der Waals surface area contributed by atoms with Crippen LogP contribution < -0.4 is 11.2 Å². The fourth-order valence-corrected chi connectivity index (χ4v) is 4.13. The maximum atomic E-state index is 13.0. The van der Waals surface area contributed by atoms with E-state index in [1.165, 1.54) is 19.3 Å². The first-order valence-corrected chi connectivity index (χ1v) is 10.6. The van der Waals surface area contributed by atoms with E-state index in [0.29, 0.717) is 0 Å². The lowest BCUT2D eigenvalue weighted by atomic mass is 9.98. The third kappa shape index (κ3) is 4.32. The van der Waals surface area contributed by atoms with Gasteiger partial charge in [0.25, 0.3) is 5.56 Å². The maximum Gasteiger partial charge on any atom is 0.333 e. The highest BCUT2D eigenvalue weighted by Crippen LogP contribution is 2.28. The minimum atomic E-state index is -1.61. The number of ether oxygens (including phenoxy) is 2. The Balaban J connectivity index is 1.60. The van der Waals surface area contributed by atoms with Gasteiger partial charge in [-0.15, -0.1) is 5.10 Å². The maximum absolute atomic E-state index is 13.0. The molecule has 34 heavy (non-hydrogen) atoms. The molecule has 8 atom stereocenters. The smallest absolute Gasteiger partial charge is 0.333 e. The predicted octanol–water partition coefficient (Wildman–Crippen LogP) is -4.43. The van der Waals surface area contributed by atoms with Gasteiger partial charge < -0.3 is 40.1 Å². The lowest BCUT2D eigenvalue weighted by Crippen LogP contribution is -2.56. The van der Waals surface area contributed by atoms with Gasteiger partial charge in [-0.3, -0.25) is 13.9 Å². The van der Waals surface area contributed by atoms with Gasteiger partial charge >= 0.3 is 5.69 Å². The van der Waals surface area contributed by atoms with Crippen LogP contribution in [0, 0.1) is 6.92 Å². The first-order valence-electron chi connectivity index (χ1n) is 10.6. The van der Waals surface area contributed by atoms with E-state index < -0.39 is 73.5 Å². The Morgan fingerprint density at radius 2 is 1.71 bits per heavy atom. The molecule has 0 aliphatic carbocycles. The molecule has 2 aromatic rings. The van der Waals surface area contributed by atoms with Gasteiger partial charge in [-0.2, -0.15) is 0 Å². The van der Waals surface area contributed by atoms with Crippen LogP contribution in [0.15, 0.2) is 22.0 Å². The summed E-state index contributed by atoms with van der Waals surface area (Å²) in [5.74, 6) is 0. The second-order valence-electron chi connectivity index (χ2n) is 8.42. The fourth-order valence-electron chi connectivity index (χ4n) is 4.13. The summed E-state index contributed by atoms with van der Waals surface area (Å²) in [6.07, 6.45) is -7.20. The third-order valence-corrected chi connectivity index (χ3v) is 6.07. The van der Waals surface area contributed by atoms with Gasteiger partial charge in [0, 0.05) is 18.2 Å². The summed E-state index contributed by atoms with van der Waals surface area (Å²) in [6, 6.07) is 0. The second-order valence-corrected chi connectivity index (χ2v) is 8.42. The van der Waals surface area contributed by atoms with E-state index in [9.17, 15) is 40.2 Å². The van der Waals surface area contributed by atoms with Crippen molar-refractivity contribution in [3.8, 4) is 0 Å². The standard InChI is InChI=1S/C19H27N5O10/c1-8-3-22(13-2-10(27)11(6-25)33-13)19(32)23(17(8)31)4-9-5-24(21-20-9)18-16(30)15(29)14(28)12(7-26)34-18/h3,5,10-16,18,25-30H,2,4,6-7H2,1H3. The summed E-state index contributed by atoms with van der Waals surface area (Å²) >= 11 is 0. The fraction of sp³-hybridized carbons (Fsp3) is 0.684. The van der Waals surface area contributed by atoms with Crippen molar-refractivity contribution in [3.63, 3.8) is 0 Å². The Labute approximate surface area is 191 Å². The second kappa shape index (κ2) is 9.63. The number of aryl methyl sites for hydroxylation is 1. The summed E-state index contributed by atoms with van der Waals surface area (Å²) in [4.78, 5) is 25.7. The summed E-state index contributed by atoms with van der Waals surface area (Å²) in [5.41, 5.74) is -0.935. The zero-order valence-corrected chi connectivity index (χ0v) is 18.2. The van der Waals surface area contributed by atoms with Gasteiger partial charge in [0.15, 0.2) is 6.23 Å². The van der Waals surface area contributed by atoms with Crippen LogP contribution >= 0.6 is 0 Å². The highest BCUT2D eigenvalue weighted by atomic mass is 16.6. The lowest BCUT2D eigenvalue weighted by Gasteiger charge is -2.39. The molecule has 0 saturated carbocycles. The van der Waals surface area contributed by atoms with Gasteiger partial charge in [0.05, 0.1) is 32.1 Å². The highest BCUT2D eigenvalue weighted by Gasteiger charge is 2.44. The monoisotopic (exact) mass is 485 g/mol. The van der Waals surface area contributed by atoms with E-state index in [2.05, 4.69) is 10.3 Å². The Kier molecular flexibility index (Phi) is 6.97. The molecular weight excluding hydrogens is 458 g/mol. The Hall–Kier alpha value is -2.50. The summed E-state index contributed by atoms with van der Waals surface area (Å²) in [5, 5.41) is 66.5. The summed E-state index contributed by atoms with van der Waals surface area (Å²) in [6.45, 7) is 0.173. The van der Waals surface area contributed by atoms with Crippen molar-refractivity contribution < 1.29 is 40.1 Å². The largest absolute Gasteiger partial charge is 0.394 e. The van der Waals surface area contributed by atoms with Crippen LogP contribution in [-0.2, 0) is 16.0 Å². The molecule has 2 fully saturated rings. The van der Waals surface area contributed by atoms with Crippen molar-refractivity contribution in [2.24, 2.45) is 0 Å². The van der Waals surface area contributed by atoms with Gasteiger partial charge in [-0.25, -0.2) is 9.48 Å². The molecule has 8 unspecified atom stereocenters. The van der Waals surface area contributed by atoms with E-state index in [0.717, 1.165) is 13.8 Å². The van der Waals surface area contributed by atoms with E-state index in [1.54, 1.807) is 0 Å². The van der Waals surface area contributed by atoms with Crippen LogP contribution in [0.1, 0.15) is 30.1 Å². The van der Waals surface area contributed by atoms with Crippen molar-refractivity contribution >= 4 is 0 Å². The lowest BCUT2D eigenvalue weighted by molar-refractivity contribution is -0.254. The number of nitrogens with zero attached hydrogens (tertiary/aromatic N) is 5. The van der Waals surface area contributed by atoms with Crippen molar-refractivity contribution in [1.29, 1.82) is 0 Å². The minimum absolute atomic E-state index is 0.0517. The first-order chi connectivity index (χ1) is 16.2. The quantitative estimate of drug-likeness (QED) is 0.229. The van der Waals surface area contributed by atoms with Gasteiger partial charge in [0.2, 0.25) is 0 Å². The normalized spacial score (nSPS) is 34.0. The number of hydrogen-bond acceptors (Lipinski definition) is 12. The molecule has 0 spiro atoms. The molecule has 0 amide bonds. The molecule has 4 rings (SSSR count). The molecule has 6 N–H and O–H groups in total. The zero-order valence-electron chi connectivity index (χ0n) is 18.2. The molecule has 188 valence electrons. The number of aliphatic hydroxyl groups excluding tert-OH is 6. The molecule has 0 radical (unpaired) electrons. The van der Waals surface area contributed by atoms with Crippen LogP contribution in [0.2, 0.25) is 0 Å². The molecule has 2 saturated heterocycles. The summed E-state index contributed by atoms with van der Waals surface area (Å²) in [7, 11) is 0. The molecule has 2 aromatic heterocycles. The Bertz CT molecular complexity index is 1130. The number of aliphatic hydroxyl groups is 6. The number of hydrogen-bond donors (Lipinski definition) is 6. The number of aromatic nitrogens is 5. The van der Waals surface area contributed by atoms with Crippen molar-refractivity contribution in [1.82, 2.24) is 24.1 Å². The highest BCUT2D eigenvalue weighted by molar-refractivity contribution is 5.06. The van der Waals surface area contributed by atoms with Gasteiger partial charge in [-0.05, 0) is 6.92 Å². The predicted molar refractivity (Wildman–Crippen MR) is 109 cm³/mol. The Morgan fingerprint density at radius 1 is 1.00 bits per heavy atom. The molecular formula is C19H27N5O10. The average molecular weight is 485 g/mol. The molecule has 15 heteroatoms. The third-order valence-electron chi connectivity index (χ3n) is 6.07. The number of rotatable bonds is 6. The summed E-state index contributed by atoms with van der Waals surface area (Å²) < 4.78 is 14.1. The van der Waals surface area contributed by atoms with Crippen LogP contribution in [-0.4, -0.2) is 105 Å². The van der Waals surface area contributed by atoms with E-state index in [1.807, 2.05) is 0 Å². The Morgan fingerprint density at radius 3 is 2.35 bits per heavy atom. The molecule has 2 aliphatic heterocycles. The van der Waals surface area contributed by atoms with E-state index in [-0.39, 0.29) is 24.2 Å². The zero-order chi connectivity index (χ0) is 24.7. The van der Waals surface area contributed by atoms with E-state index in [4.69, 9.17) is 9.47 Å². The van der Waals surface area contributed by atoms with Crippen LogP contribution in [0.5, 0.6) is 0 Å². The molecule has 15 nitrogen and oxygen atoms in total. The van der Waals surface area contributed by atoms with Crippen molar-refractivity contribution in [2.45, 2.75) is 69.0 Å². The minimum Gasteiger partial charge on any atom is -0.394 e. The van der Waals surface area contributed by atoms with E-state index >= 15 is 0 Å². The molecule has 2 aliphatic rings. The van der Waals surface area contributed by atoms with Crippen LogP contribution in [0.25, 0.3) is 0 Å².